The lowest BCUT2D eigenvalue weighted by Crippen LogP contribution is -2.47. The van der Waals surface area contributed by atoms with Crippen LogP contribution in [-0.4, -0.2) is 69.4 Å². The summed E-state index contributed by atoms with van der Waals surface area (Å²) >= 11 is 0. The summed E-state index contributed by atoms with van der Waals surface area (Å²) in [6.45, 7) is 6.85. The maximum atomic E-state index is 13.6. The zero-order valence-electron chi connectivity index (χ0n) is 54.9. The number of carbonyl (C=O) groups excluding carboxylic acids is 2. The Balaban J connectivity index is 5.10. The average Bonchev–Trinajstić information content (AvgIpc) is 3.44. The standard InChI is InChI=1S/C72H135N2O7P/c1-7-10-13-16-19-22-25-28-30-32-34-36-37-39-40-42-44-46-49-52-55-58-61-64-71(75)73-69(68-80-82(77,78)79-67-66-74(4,5)6)70(63-60-57-54-51-48-27-24-21-18-15-12-9-3)81-72(76)65-62-59-56-53-50-47-45-43-41-38-35-33-31-29-26-23-20-17-14-11-8-2/h20,23,28-31,35,38,60,63,69-70H,7-19,21-22,24-27,32-34,36-37,39-59,61-62,64-68H2,1-6H3,(H-,73,75,77,78)/b23-20-,30-28+,31-29-,38-35-,63-60+. The normalized spacial score (nSPS) is 13.9. The van der Waals surface area contributed by atoms with Crippen LogP contribution in [0.5, 0.6) is 0 Å². The van der Waals surface area contributed by atoms with Gasteiger partial charge in [0.15, 0.2) is 0 Å². The topological polar surface area (TPSA) is 114 Å². The van der Waals surface area contributed by atoms with E-state index in [9.17, 15) is 19.0 Å². The van der Waals surface area contributed by atoms with Gasteiger partial charge >= 0.3 is 5.97 Å². The first-order chi connectivity index (χ1) is 39.9. The quantitative estimate of drug-likeness (QED) is 0.0212. The molecular weight excluding hydrogens is 1040 g/mol. The number of quaternary nitrogens is 1. The third-order valence-electron chi connectivity index (χ3n) is 15.7. The Morgan fingerprint density at radius 1 is 0.427 bits per heavy atom. The Morgan fingerprint density at radius 3 is 1.15 bits per heavy atom. The molecular formula is C72H135N2O7P. The third kappa shape index (κ3) is 62.2. The zero-order valence-corrected chi connectivity index (χ0v) is 55.8. The molecule has 0 rings (SSSR count). The maximum absolute atomic E-state index is 13.6. The maximum Gasteiger partial charge on any atom is 0.306 e. The molecule has 480 valence electrons. The molecule has 0 aromatic carbocycles. The van der Waals surface area contributed by atoms with Gasteiger partial charge in [0.25, 0.3) is 7.82 Å². The molecule has 10 heteroatoms. The summed E-state index contributed by atoms with van der Waals surface area (Å²) in [4.78, 5) is 40.2. The van der Waals surface area contributed by atoms with Crippen LogP contribution in [0.15, 0.2) is 60.8 Å². The number of carbonyl (C=O) groups is 2. The smallest absolute Gasteiger partial charge is 0.306 e. The van der Waals surface area contributed by atoms with Crippen molar-refractivity contribution in [3.05, 3.63) is 60.8 Å². The molecule has 0 aromatic heterocycles. The van der Waals surface area contributed by atoms with Crippen LogP contribution < -0.4 is 10.2 Å². The summed E-state index contributed by atoms with van der Waals surface area (Å²) in [5, 5.41) is 3.04. The molecule has 0 saturated heterocycles. The molecule has 0 spiro atoms. The second-order valence-corrected chi connectivity index (χ2v) is 26.4. The number of unbranched alkanes of at least 4 members (excludes halogenated alkanes) is 40. The van der Waals surface area contributed by atoms with Crippen molar-refractivity contribution >= 4 is 19.7 Å². The minimum atomic E-state index is -4.71. The number of nitrogens with zero attached hydrogens (tertiary/aromatic N) is 1. The molecule has 0 aliphatic rings. The fourth-order valence-electron chi connectivity index (χ4n) is 10.2. The molecule has 3 atom stereocenters. The molecule has 0 aliphatic carbocycles. The van der Waals surface area contributed by atoms with Gasteiger partial charge in [0, 0.05) is 12.8 Å². The van der Waals surface area contributed by atoms with Crippen molar-refractivity contribution in [2.24, 2.45) is 0 Å². The first kappa shape index (κ1) is 79.7. The highest BCUT2D eigenvalue weighted by molar-refractivity contribution is 7.45. The van der Waals surface area contributed by atoms with Gasteiger partial charge in [-0.15, -0.1) is 0 Å². The number of amides is 1. The van der Waals surface area contributed by atoms with Gasteiger partial charge in [-0.05, 0) is 96.0 Å². The van der Waals surface area contributed by atoms with E-state index in [1.165, 1.54) is 218 Å². The highest BCUT2D eigenvalue weighted by Gasteiger charge is 2.27. The second-order valence-electron chi connectivity index (χ2n) is 25.0. The van der Waals surface area contributed by atoms with E-state index in [0.29, 0.717) is 17.4 Å². The van der Waals surface area contributed by atoms with E-state index in [2.05, 4.69) is 74.7 Å². The predicted octanol–water partition coefficient (Wildman–Crippen LogP) is 21.5. The van der Waals surface area contributed by atoms with Gasteiger partial charge in [-0.25, -0.2) is 0 Å². The lowest BCUT2D eigenvalue weighted by Gasteiger charge is -2.30. The van der Waals surface area contributed by atoms with Gasteiger partial charge in [0.05, 0.1) is 33.8 Å². The molecule has 0 heterocycles. The lowest BCUT2D eigenvalue weighted by atomic mass is 10.0. The molecule has 3 unspecified atom stereocenters. The molecule has 0 radical (unpaired) electrons. The van der Waals surface area contributed by atoms with Crippen molar-refractivity contribution in [3.8, 4) is 0 Å². The fraction of sp³-hybridized carbons (Fsp3) is 0.833. The number of rotatable bonds is 64. The van der Waals surface area contributed by atoms with Gasteiger partial charge in [0.2, 0.25) is 5.91 Å². The van der Waals surface area contributed by atoms with E-state index in [0.717, 1.165) is 83.5 Å². The number of likely N-dealkylation sites (N-methyl/N-ethyl adjacent to an activating group) is 1. The van der Waals surface area contributed by atoms with Crippen LogP contribution in [0.25, 0.3) is 0 Å². The number of nitrogens with one attached hydrogen (secondary N) is 1. The van der Waals surface area contributed by atoms with Crippen LogP contribution in [0.2, 0.25) is 0 Å². The van der Waals surface area contributed by atoms with E-state index in [1.54, 1.807) is 0 Å². The van der Waals surface area contributed by atoms with Crippen LogP contribution in [-0.2, 0) is 27.9 Å². The first-order valence-corrected chi connectivity index (χ1v) is 36.6. The number of esters is 1. The molecule has 0 saturated carbocycles. The molecule has 0 aliphatic heterocycles. The van der Waals surface area contributed by atoms with Gasteiger partial charge in [-0.1, -0.05) is 287 Å². The van der Waals surface area contributed by atoms with Crippen molar-refractivity contribution in [1.29, 1.82) is 0 Å². The number of allylic oxidation sites excluding steroid dienone is 9. The Labute approximate surface area is 509 Å². The van der Waals surface area contributed by atoms with Crippen LogP contribution >= 0.6 is 7.82 Å². The van der Waals surface area contributed by atoms with Gasteiger partial charge in [-0.2, -0.15) is 0 Å². The Morgan fingerprint density at radius 2 is 0.744 bits per heavy atom. The van der Waals surface area contributed by atoms with Crippen LogP contribution in [0, 0.1) is 0 Å². The minimum absolute atomic E-state index is 0.0236. The number of phosphoric acid groups is 1. The molecule has 82 heavy (non-hydrogen) atoms. The molecule has 0 aromatic rings. The summed E-state index contributed by atoms with van der Waals surface area (Å²) in [6, 6.07) is -0.893. The summed E-state index contributed by atoms with van der Waals surface area (Å²) < 4.78 is 30.4. The van der Waals surface area contributed by atoms with Crippen molar-refractivity contribution in [3.63, 3.8) is 0 Å². The first-order valence-electron chi connectivity index (χ1n) is 35.1. The second kappa shape index (κ2) is 61.8. The number of phosphoric ester groups is 1. The number of hydrogen-bond acceptors (Lipinski definition) is 7. The summed E-state index contributed by atoms with van der Waals surface area (Å²) in [7, 11) is 1.19. The molecule has 0 fully saturated rings. The van der Waals surface area contributed by atoms with Gasteiger partial charge in [-0.3, -0.25) is 14.2 Å². The van der Waals surface area contributed by atoms with Crippen molar-refractivity contribution in [2.45, 2.75) is 348 Å². The van der Waals surface area contributed by atoms with Crippen molar-refractivity contribution < 1.29 is 37.3 Å². The SMILES string of the molecule is CCCCC/C=C\C/C=C\C/C=C\CCCCCCCCCCC(=O)OC(/C=C/CCCCCCCCCCCC)C(COP(=O)([O-])OCC[N+](C)(C)C)NC(=O)CCCCCCCCCCCCCCC/C=C/CCCCCCCC. The van der Waals surface area contributed by atoms with E-state index in [1.807, 2.05) is 33.3 Å². The number of hydrogen-bond donors (Lipinski definition) is 1. The van der Waals surface area contributed by atoms with Gasteiger partial charge < -0.3 is 28.5 Å². The Hall–Kier alpha value is -2.29. The lowest BCUT2D eigenvalue weighted by molar-refractivity contribution is -0.870. The highest BCUT2D eigenvalue weighted by Crippen LogP contribution is 2.38. The molecule has 9 nitrogen and oxygen atoms in total. The average molecular weight is 1170 g/mol. The highest BCUT2D eigenvalue weighted by atomic mass is 31.2. The van der Waals surface area contributed by atoms with E-state index < -0.39 is 20.0 Å². The summed E-state index contributed by atoms with van der Waals surface area (Å²) in [5.74, 6) is -0.538. The van der Waals surface area contributed by atoms with Crippen molar-refractivity contribution in [1.82, 2.24) is 5.32 Å². The van der Waals surface area contributed by atoms with Crippen LogP contribution in [0.1, 0.15) is 335 Å². The Bertz CT molecular complexity index is 1590. The number of ether oxygens (including phenoxy) is 1. The Kier molecular flexibility index (Phi) is 60.1. The van der Waals surface area contributed by atoms with E-state index in [-0.39, 0.29) is 31.5 Å². The molecule has 1 N–H and O–H groups in total. The van der Waals surface area contributed by atoms with Crippen LogP contribution in [0.4, 0.5) is 0 Å². The molecule has 1 amide bonds. The minimum Gasteiger partial charge on any atom is -0.756 e. The monoisotopic (exact) mass is 1170 g/mol. The zero-order chi connectivity index (χ0) is 60.0. The third-order valence-corrected chi connectivity index (χ3v) is 16.6. The predicted molar refractivity (Wildman–Crippen MR) is 353 cm³/mol. The molecule has 0 bridgehead atoms. The largest absolute Gasteiger partial charge is 0.756 e. The van der Waals surface area contributed by atoms with Gasteiger partial charge in [0.1, 0.15) is 19.3 Å². The van der Waals surface area contributed by atoms with Crippen LogP contribution in [0.3, 0.4) is 0 Å². The van der Waals surface area contributed by atoms with E-state index >= 15 is 0 Å². The fourth-order valence-corrected chi connectivity index (χ4v) is 11.0. The van der Waals surface area contributed by atoms with E-state index in [4.69, 9.17) is 13.8 Å². The van der Waals surface area contributed by atoms with Crippen molar-refractivity contribution in [2.75, 3.05) is 40.9 Å². The summed E-state index contributed by atoms with van der Waals surface area (Å²) in [6.07, 6.45) is 79.1. The summed E-state index contributed by atoms with van der Waals surface area (Å²) in [5.41, 5.74) is 0.